The number of urea groups is 1. The Balaban J connectivity index is 2.02. The van der Waals surface area contributed by atoms with Crippen molar-refractivity contribution in [3.63, 3.8) is 0 Å². The maximum atomic E-state index is 12.5. The van der Waals surface area contributed by atoms with E-state index in [1.807, 2.05) is 6.92 Å². The summed E-state index contributed by atoms with van der Waals surface area (Å²) in [5.41, 5.74) is 0.450. The van der Waals surface area contributed by atoms with Gasteiger partial charge < -0.3 is 24.8 Å². The molecule has 1 atom stereocenters. The average molecular weight is 371 g/mol. The molecule has 0 bridgehead atoms. The Hall–Kier alpha value is -1.99. The third-order valence-electron chi connectivity index (χ3n) is 3.94. The number of halogens is 1. The lowest BCUT2D eigenvalue weighted by molar-refractivity contribution is -0.143. The molecule has 25 heavy (non-hydrogen) atoms. The predicted octanol–water partition coefficient (Wildman–Crippen LogP) is 3.08. The van der Waals surface area contributed by atoms with Crippen LogP contribution in [0.3, 0.4) is 0 Å². The number of para-hydroxylation sites is 1. The molecular weight excluding hydrogens is 348 g/mol. The third-order valence-corrected chi connectivity index (χ3v) is 4.24. The van der Waals surface area contributed by atoms with Crippen molar-refractivity contribution < 1.29 is 24.2 Å². The van der Waals surface area contributed by atoms with Crippen LogP contribution >= 0.6 is 11.6 Å². The molecule has 8 heteroatoms. The molecule has 0 saturated carbocycles. The van der Waals surface area contributed by atoms with Crippen molar-refractivity contribution in [2.45, 2.75) is 19.8 Å². The molecule has 1 saturated heterocycles. The van der Waals surface area contributed by atoms with Crippen LogP contribution in [0.5, 0.6) is 5.75 Å². The van der Waals surface area contributed by atoms with E-state index in [1.165, 1.54) is 4.90 Å². The fraction of sp³-hybridized carbons (Fsp3) is 0.529. The maximum absolute atomic E-state index is 12.5. The van der Waals surface area contributed by atoms with E-state index in [2.05, 4.69) is 5.32 Å². The summed E-state index contributed by atoms with van der Waals surface area (Å²) in [4.78, 5) is 25.1. The zero-order chi connectivity index (χ0) is 18.2. The number of carbonyl (C=O) groups is 2. The Labute approximate surface area is 151 Å². The van der Waals surface area contributed by atoms with Crippen LogP contribution in [0.4, 0.5) is 10.5 Å². The molecule has 1 aliphatic heterocycles. The fourth-order valence-electron chi connectivity index (χ4n) is 2.66. The molecule has 138 valence electrons. The van der Waals surface area contributed by atoms with Crippen molar-refractivity contribution in [2.75, 3.05) is 38.2 Å². The fourth-order valence-corrected chi connectivity index (χ4v) is 2.89. The van der Waals surface area contributed by atoms with Crippen LogP contribution in [0.15, 0.2) is 18.2 Å². The number of rotatable bonds is 7. The van der Waals surface area contributed by atoms with Gasteiger partial charge in [0.1, 0.15) is 6.61 Å². The van der Waals surface area contributed by atoms with Gasteiger partial charge in [0.25, 0.3) is 0 Å². The number of likely N-dealkylation sites (tertiary alicyclic amines) is 1. The number of benzene rings is 1. The second-order valence-corrected chi connectivity index (χ2v) is 6.12. The van der Waals surface area contributed by atoms with Crippen LogP contribution < -0.4 is 10.1 Å². The van der Waals surface area contributed by atoms with Crippen molar-refractivity contribution in [3.05, 3.63) is 23.2 Å². The quantitative estimate of drug-likeness (QED) is 0.720. The highest BCUT2D eigenvalue weighted by Gasteiger charge is 2.28. The molecule has 1 unspecified atom stereocenters. The number of nitrogens with one attached hydrogen (secondary N) is 1. The molecule has 1 aromatic carbocycles. The van der Waals surface area contributed by atoms with Gasteiger partial charge in [0.15, 0.2) is 5.75 Å². The van der Waals surface area contributed by atoms with Gasteiger partial charge in [-0.2, -0.15) is 0 Å². The number of aliphatic carboxylic acids is 1. The Bertz CT molecular complexity index is 611. The monoisotopic (exact) mass is 370 g/mol. The summed E-state index contributed by atoms with van der Waals surface area (Å²) in [6.45, 7) is 3.94. The van der Waals surface area contributed by atoms with E-state index >= 15 is 0 Å². The molecule has 0 aromatic heterocycles. The SMILES string of the molecule is CCOCCOc1c(Cl)cccc1NC(=O)N1CCCC(C(=O)O)C1. The normalized spacial score (nSPS) is 17.2. The minimum absolute atomic E-state index is 0.197. The first-order valence-corrected chi connectivity index (χ1v) is 8.68. The number of carboxylic acid groups (broad SMARTS) is 1. The summed E-state index contributed by atoms with van der Waals surface area (Å²) >= 11 is 6.17. The number of carbonyl (C=O) groups excluding carboxylic acids is 1. The molecule has 2 N–H and O–H groups in total. The summed E-state index contributed by atoms with van der Waals surface area (Å²) in [5.74, 6) is -1.02. The standard InChI is InChI=1S/C17H23ClN2O5/c1-2-24-9-10-25-15-13(18)6-3-7-14(15)19-17(23)20-8-4-5-12(11-20)16(21)22/h3,6-7,12H,2,4-5,8-11H2,1H3,(H,19,23)(H,21,22). The van der Waals surface area contributed by atoms with Crippen molar-refractivity contribution in [1.29, 1.82) is 0 Å². The second kappa shape index (κ2) is 9.48. The minimum atomic E-state index is -0.875. The Morgan fingerprint density at radius 2 is 2.20 bits per heavy atom. The predicted molar refractivity (Wildman–Crippen MR) is 94.4 cm³/mol. The molecule has 0 aliphatic carbocycles. The first-order chi connectivity index (χ1) is 12.0. The summed E-state index contributed by atoms with van der Waals surface area (Å²) in [6, 6.07) is 4.72. The number of hydrogen-bond acceptors (Lipinski definition) is 4. The van der Waals surface area contributed by atoms with Crippen LogP contribution in [0.25, 0.3) is 0 Å². The van der Waals surface area contributed by atoms with Gasteiger partial charge in [-0.3, -0.25) is 4.79 Å². The van der Waals surface area contributed by atoms with Crippen LogP contribution in [0.1, 0.15) is 19.8 Å². The largest absolute Gasteiger partial charge is 0.487 e. The Kier molecular flexibility index (Phi) is 7.33. The van der Waals surface area contributed by atoms with E-state index in [0.29, 0.717) is 55.7 Å². The van der Waals surface area contributed by atoms with Crippen molar-refractivity contribution in [2.24, 2.45) is 5.92 Å². The summed E-state index contributed by atoms with van der Waals surface area (Å²) in [6.07, 6.45) is 1.25. The van der Waals surface area contributed by atoms with Crippen LogP contribution in [0.2, 0.25) is 5.02 Å². The van der Waals surface area contributed by atoms with E-state index in [9.17, 15) is 9.59 Å². The number of nitrogens with zero attached hydrogens (tertiary/aromatic N) is 1. The highest BCUT2D eigenvalue weighted by atomic mass is 35.5. The summed E-state index contributed by atoms with van der Waals surface area (Å²) in [5, 5.41) is 12.3. The van der Waals surface area contributed by atoms with Gasteiger partial charge in [0.2, 0.25) is 0 Å². The Morgan fingerprint density at radius 1 is 1.40 bits per heavy atom. The number of anilines is 1. The second-order valence-electron chi connectivity index (χ2n) is 5.72. The average Bonchev–Trinajstić information content (AvgIpc) is 2.60. The highest BCUT2D eigenvalue weighted by Crippen LogP contribution is 2.33. The van der Waals surface area contributed by atoms with Gasteiger partial charge in [0.05, 0.1) is 23.2 Å². The minimum Gasteiger partial charge on any atom is -0.487 e. The van der Waals surface area contributed by atoms with E-state index in [0.717, 1.165) is 0 Å². The molecule has 2 amide bonds. The van der Waals surface area contributed by atoms with Crippen LogP contribution in [-0.4, -0.2) is 54.9 Å². The smallest absolute Gasteiger partial charge is 0.321 e. The van der Waals surface area contributed by atoms with Gasteiger partial charge in [-0.15, -0.1) is 0 Å². The molecule has 1 heterocycles. The van der Waals surface area contributed by atoms with Crippen molar-refractivity contribution in [1.82, 2.24) is 4.90 Å². The van der Waals surface area contributed by atoms with E-state index in [1.54, 1.807) is 18.2 Å². The molecule has 1 fully saturated rings. The molecule has 2 rings (SSSR count). The first-order valence-electron chi connectivity index (χ1n) is 8.30. The van der Waals surface area contributed by atoms with Gasteiger partial charge in [0, 0.05) is 19.7 Å². The Morgan fingerprint density at radius 3 is 2.92 bits per heavy atom. The highest BCUT2D eigenvalue weighted by molar-refractivity contribution is 6.32. The van der Waals surface area contributed by atoms with Gasteiger partial charge in [-0.1, -0.05) is 17.7 Å². The number of hydrogen-bond donors (Lipinski definition) is 2. The number of amides is 2. The van der Waals surface area contributed by atoms with Crippen molar-refractivity contribution >= 4 is 29.3 Å². The summed E-state index contributed by atoms with van der Waals surface area (Å²) < 4.78 is 10.9. The first kappa shape index (κ1) is 19.3. The lowest BCUT2D eigenvalue weighted by Crippen LogP contribution is -2.44. The van der Waals surface area contributed by atoms with Gasteiger partial charge in [-0.25, -0.2) is 4.79 Å². The molecule has 1 aliphatic rings. The number of carboxylic acids is 1. The molecular formula is C17H23ClN2O5. The maximum Gasteiger partial charge on any atom is 0.321 e. The lowest BCUT2D eigenvalue weighted by atomic mass is 9.99. The number of ether oxygens (including phenoxy) is 2. The van der Waals surface area contributed by atoms with E-state index in [4.69, 9.17) is 26.2 Å². The van der Waals surface area contributed by atoms with Crippen molar-refractivity contribution in [3.8, 4) is 5.75 Å². The van der Waals surface area contributed by atoms with Gasteiger partial charge >= 0.3 is 12.0 Å². The van der Waals surface area contributed by atoms with Crippen LogP contribution in [0, 0.1) is 5.92 Å². The molecule has 1 aromatic rings. The zero-order valence-corrected chi connectivity index (χ0v) is 14.9. The third kappa shape index (κ3) is 5.51. The number of piperidine rings is 1. The van der Waals surface area contributed by atoms with E-state index in [-0.39, 0.29) is 12.6 Å². The van der Waals surface area contributed by atoms with E-state index < -0.39 is 11.9 Å². The summed E-state index contributed by atoms with van der Waals surface area (Å²) in [7, 11) is 0. The zero-order valence-electron chi connectivity index (χ0n) is 14.2. The van der Waals surface area contributed by atoms with Gasteiger partial charge in [-0.05, 0) is 31.9 Å². The molecule has 0 spiro atoms. The molecule has 0 radical (unpaired) electrons. The van der Waals surface area contributed by atoms with Crippen LogP contribution in [-0.2, 0) is 9.53 Å². The topological polar surface area (TPSA) is 88.1 Å². The lowest BCUT2D eigenvalue weighted by Gasteiger charge is -2.31. The molecule has 7 nitrogen and oxygen atoms in total.